The molecule has 2 N–H and O–H groups in total. The first-order chi connectivity index (χ1) is 25.3. The van der Waals surface area contributed by atoms with Gasteiger partial charge >= 0.3 is 0 Å². The molecule has 4 nitrogen and oxygen atoms in total. The second kappa shape index (κ2) is 12.3. The summed E-state index contributed by atoms with van der Waals surface area (Å²) in [4.78, 5) is 17.7. The number of aliphatic imine (C=N–C) groups is 2. The molecule has 9 rings (SSSR count). The Bertz CT molecular complexity index is 2950. The van der Waals surface area contributed by atoms with Crippen molar-refractivity contribution in [1.29, 1.82) is 0 Å². The Hall–Kier alpha value is -6.00. The zero-order valence-corrected chi connectivity index (χ0v) is 30.3. The van der Waals surface area contributed by atoms with Crippen molar-refractivity contribution in [2.75, 3.05) is 6.54 Å². The van der Waals surface area contributed by atoms with Gasteiger partial charge in [0, 0.05) is 67.8 Å². The van der Waals surface area contributed by atoms with E-state index in [1.54, 1.807) is 0 Å². The summed E-state index contributed by atoms with van der Waals surface area (Å²) in [6, 6.07) is 39.8. The number of nitrogens with one attached hydrogen (secondary N) is 2. The van der Waals surface area contributed by atoms with Crippen LogP contribution < -0.4 is 10.7 Å². The number of aromatic amines is 2. The predicted molar refractivity (Wildman–Crippen MR) is 225 cm³/mol. The van der Waals surface area contributed by atoms with Crippen LogP contribution in [0.5, 0.6) is 0 Å². The van der Waals surface area contributed by atoms with Gasteiger partial charge in [0.15, 0.2) is 0 Å². The Morgan fingerprint density at radius 2 is 1.12 bits per heavy atom. The van der Waals surface area contributed by atoms with E-state index in [1.807, 2.05) is 0 Å². The molecule has 4 heteroatoms. The van der Waals surface area contributed by atoms with E-state index in [0.29, 0.717) is 6.54 Å². The maximum Gasteiger partial charge on any atom is 0.0772 e. The normalized spacial score (nSPS) is 14.7. The highest BCUT2D eigenvalue weighted by Gasteiger charge is 2.31. The van der Waals surface area contributed by atoms with E-state index in [-0.39, 0.29) is 11.8 Å². The summed E-state index contributed by atoms with van der Waals surface area (Å²) in [5.41, 5.74) is 9.13. The van der Waals surface area contributed by atoms with Gasteiger partial charge in [0.1, 0.15) is 0 Å². The number of hydrogen-bond donors (Lipinski definition) is 2. The molecule has 0 radical (unpaired) electrons. The predicted octanol–water partition coefficient (Wildman–Crippen LogP) is 10.6. The van der Waals surface area contributed by atoms with Gasteiger partial charge in [-0.05, 0) is 87.3 Å². The van der Waals surface area contributed by atoms with E-state index < -0.39 is 0 Å². The lowest BCUT2D eigenvalue weighted by atomic mass is 9.88. The highest BCUT2D eigenvalue weighted by Crippen LogP contribution is 2.44. The molecule has 3 heterocycles. The molecular formula is C48H42N4. The summed E-state index contributed by atoms with van der Waals surface area (Å²) in [5.74, 6) is 0.367. The number of rotatable bonds is 7. The van der Waals surface area contributed by atoms with Crippen LogP contribution in [0, 0.1) is 11.8 Å². The van der Waals surface area contributed by atoms with Crippen molar-refractivity contribution in [2.45, 2.75) is 34.1 Å². The maximum atomic E-state index is 5.76. The average Bonchev–Trinajstić information content (AvgIpc) is 3.78. The molecule has 6 aromatic carbocycles. The van der Waals surface area contributed by atoms with Crippen LogP contribution in [-0.4, -0.2) is 28.9 Å². The Morgan fingerprint density at radius 1 is 0.615 bits per heavy atom. The highest BCUT2D eigenvalue weighted by atomic mass is 14.8. The van der Waals surface area contributed by atoms with E-state index in [9.17, 15) is 0 Å². The van der Waals surface area contributed by atoms with Crippen LogP contribution in [0.4, 0.5) is 0 Å². The number of H-pyrrole nitrogens is 2. The fourth-order valence-electron chi connectivity index (χ4n) is 8.41. The van der Waals surface area contributed by atoms with Crippen LogP contribution >= 0.6 is 0 Å². The van der Waals surface area contributed by atoms with Gasteiger partial charge in [-0.3, -0.25) is 0 Å². The van der Waals surface area contributed by atoms with Crippen LogP contribution in [0.2, 0.25) is 0 Å². The van der Waals surface area contributed by atoms with Gasteiger partial charge in [-0.25, -0.2) is 4.99 Å². The molecule has 0 unspecified atom stereocenters. The van der Waals surface area contributed by atoms with Crippen LogP contribution in [0.15, 0.2) is 119 Å². The summed E-state index contributed by atoms with van der Waals surface area (Å²) < 4.78 is 0. The topological polar surface area (TPSA) is 56.3 Å². The Kier molecular flexibility index (Phi) is 7.58. The van der Waals surface area contributed by atoms with Crippen molar-refractivity contribution in [3.63, 3.8) is 0 Å². The van der Waals surface area contributed by atoms with Gasteiger partial charge in [0.2, 0.25) is 0 Å². The number of benzene rings is 6. The Morgan fingerprint density at radius 3 is 1.67 bits per heavy atom. The number of hydrogen-bond acceptors (Lipinski definition) is 2. The minimum Gasteiger partial charge on any atom is -0.358 e. The fraction of sp³-hybridized carbons (Fsp3) is 0.167. The molecule has 8 aromatic rings. The van der Waals surface area contributed by atoms with E-state index in [2.05, 4.69) is 165 Å². The zero-order chi connectivity index (χ0) is 35.7. The van der Waals surface area contributed by atoms with Crippen molar-refractivity contribution in [2.24, 2.45) is 21.8 Å². The number of allylic oxidation sites excluding steroid dienone is 1. The quantitative estimate of drug-likeness (QED) is 0.158. The number of nitrogens with zero attached hydrogens (tertiary/aromatic N) is 2. The summed E-state index contributed by atoms with van der Waals surface area (Å²) >= 11 is 0. The second-order valence-electron chi connectivity index (χ2n) is 14.8. The molecule has 0 atom stereocenters. The number of aromatic nitrogens is 2. The molecule has 1 aliphatic rings. The third-order valence-corrected chi connectivity index (χ3v) is 10.9. The average molecular weight is 675 g/mol. The van der Waals surface area contributed by atoms with E-state index >= 15 is 0 Å². The lowest BCUT2D eigenvalue weighted by Gasteiger charge is -2.15. The molecule has 0 spiro atoms. The van der Waals surface area contributed by atoms with Crippen molar-refractivity contribution in [1.82, 2.24) is 9.97 Å². The first-order valence-corrected chi connectivity index (χ1v) is 18.4. The van der Waals surface area contributed by atoms with E-state index in [0.717, 1.165) is 39.6 Å². The van der Waals surface area contributed by atoms with Crippen molar-refractivity contribution in [3.8, 4) is 0 Å². The second-order valence-corrected chi connectivity index (χ2v) is 14.8. The summed E-state index contributed by atoms with van der Waals surface area (Å²) in [5, 5.41) is 14.1. The molecule has 0 saturated carbocycles. The lowest BCUT2D eigenvalue weighted by Crippen LogP contribution is -2.21. The van der Waals surface area contributed by atoms with Gasteiger partial charge in [-0.15, -0.1) is 0 Å². The van der Waals surface area contributed by atoms with Gasteiger partial charge in [0.05, 0.1) is 22.5 Å². The third kappa shape index (κ3) is 5.04. The molecule has 0 aliphatic carbocycles. The fourth-order valence-corrected chi connectivity index (χ4v) is 8.41. The van der Waals surface area contributed by atoms with Crippen LogP contribution in [0.25, 0.3) is 77.3 Å². The SMILES string of the molecule is C=NCCc1[nH]c(/C(=C2N=C(/C(=c3\[nH]c(=C)c4cc5ccccc5cc34)C(C)C)c3cc4ccccc4cc3\2)C(C)C)c2cc3ccccc3cc12. The maximum absolute atomic E-state index is 5.76. The monoisotopic (exact) mass is 674 g/mol. The lowest BCUT2D eigenvalue weighted by molar-refractivity contribution is 0.848. The van der Waals surface area contributed by atoms with Crippen LogP contribution in [0.3, 0.4) is 0 Å². The van der Waals surface area contributed by atoms with E-state index in [1.165, 1.54) is 76.4 Å². The molecule has 0 fully saturated rings. The summed E-state index contributed by atoms with van der Waals surface area (Å²) in [7, 11) is 0. The minimum atomic E-state index is 0.183. The molecule has 52 heavy (non-hydrogen) atoms. The number of fused-ring (bicyclic) bond motifs is 6. The summed E-state index contributed by atoms with van der Waals surface area (Å²) in [6.07, 6.45) is 0.794. The third-order valence-electron chi connectivity index (χ3n) is 10.9. The van der Waals surface area contributed by atoms with Crippen LogP contribution in [0.1, 0.15) is 50.2 Å². The molecule has 254 valence electrons. The first kappa shape index (κ1) is 31.9. The molecule has 0 amide bonds. The molecule has 2 aromatic heterocycles. The minimum absolute atomic E-state index is 0.183. The Balaban J connectivity index is 1.40. The smallest absolute Gasteiger partial charge is 0.0772 e. The van der Waals surface area contributed by atoms with Gasteiger partial charge in [-0.1, -0.05) is 107 Å². The van der Waals surface area contributed by atoms with Gasteiger partial charge < -0.3 is 15.0 Å². The molecule has 0 saturated heterocycles. The van der Waals surface area contributed by atoms with Gasteiger partial charge in [0.25, 0.3) is 0 Å². The summed E-state index contributed by atoms with van der Waals surface area (Å²) in [6.45, 7) is 18.1. The van der Waals surface area contributed by atoms with Crippen molar-refractivity contribution >= 4 is 89.7 Å². The van der Waals surface area contributed by atoms with E-state index in [4.69, 9.17) is 4.99 Å². The first-order valence-electron chi connectivity index (χ1n) is 18.4. The largest absolute Gasteiger partial charge is 0.358 e. The standard InChI is InChI=1S/C48H42N4/c1-27(2)43(45-38-23-32-15-9-7-13-30(32)21-36(38)29(5)50-45)47-40-25-34-17-11-12-18-35(34)26-41(40)48(52-47)44(28(3)4)46-39-24-33-16-10-8-14-31(33)22-37(39)42(51-46)19-20-49-6/h7-18,21-28,50-51H,5-6,19-20H2,1-4H3/b45-43-,48-44-. The molecule has 0 bridgehead atoms. The molecular weight excluding hydrogens is 633 g/mol. The van der Waals surface area contributed by atoms with Crippen LogP contribution in [-0.2, 0) is 6.42 Å². The molecule has 1 aliphatic heterocycles. The van der Waals surface area contributed by atoms with Crippen molar-refractivity contribution < 1.29 is 0 Å². The van der Waals surface area contributed by atoms with Crippen molar-refractivity contribution in [3.05, 3.63) is 142 Å². The van der Waals surface area contributed by atoms with Gasteiger partial charge in [-0.2, -0.15) is 0 Å². The highest BCUT2D eigenvalue weighted by molar-refractivity contribution is 6.35. The zero-order valence-electron chi connectivity index (χ0n) is 30.3. The Labute approximate surface area is 303 Å².